The molecule has 0 saturated heterocycles. The molecule has 2 N–H and O–H groups in total. The summed E-state index contributed by atoms with van der Waals surface area (Å²) in [5.74, 6) is -0.972. The van der Waals surface area contributed by atoms with Gasteiger partial charge in [0.25, 0.3) is 0 Å². The summed E-state index contributed by atoms with van der Waals surface area (Å²) < 4.78 is 5.15. The van der Waals surface area contributed by atoms with Crippen molar-refractivity contribution in [3.8, 4) is 17.0 Å². The van der Waals surface area contributed by atoms with Gasteiger partial charge in [-0.05, 0) is 55.4 Å². The van der Waals surface area contributed by atoms with E-state index < -0.39 is 17.8 Å². The largest absolute Gasteiger partial charge is 0.497 e. The fraction of sp³-hybridized carbons (Fsp3) is 0.421. The van der Waals surface area contributed by atoms with E-state index in [1.54, 1.807) is 7.11 Å². The van der Waals surface area contributed by atoms with Gasteiger partial charge < -0.3 is 15.2 Å². The van der Waals surface area contributed by atoms with E-state index in [9.17, 15) is 14.7 Å². The molecule has 26 heavy (non-hydrogen) atoms. The van der Waals surface area contributed by atoms with Crippen molar-refractivity contribution >= 4 is 28.3 Å². The number of methoxy groups -OCH3 is 1. The minimum atomic E-state index is -0.851. The summed E-state index contributed by atoms with van der Waals surface area (Å²) in [5, 5.41) is 14.7. The van der Waals surface area contributed by atoms with Crippen molar-refractivity contribution < 1.29 is 19.4 Å². The molecule has 1 aromatic carbocycles. The van der Waals surface area contributed by atoms with Gasteiger partial charge in [0, 0.05) is 10.9 Å². The lowest BCUT2D eigenvalue weighted by molar-refractivity contribution is -0.148. The summed E-state index contributed by atoms with van der Waals surface area (Å²) in [7, 11) is 1.62. The number of amides is 1. The number of fused-ring (bicyclic) bond motifs is 2. The molecule has 6 nitrogen and oxygen atoms in total. The quantitative estimate of drug-likeness (QED) is 0.838. The number of aromatic nitrogens is 1. The van der Waals surface area contributed by atoms with Crippen molar-refractivity contribution in [2.45, 2.75) is 19.3 Å². The Hall–Kier alpha value is -2.41. The first-order chi connectivity index (χ1) is 12.6. The van der Waals surface area contributed by atoms with Crippen LogP contribution < -0.4 is 10.1 Å². The third-order valence-corrected chi connectivity index (χ3v) is 6.38. The third kappa shape index (κ3) is 2.96. The molecule has 0 aliphatic heterocycles. The molecular formula is C19H20N2O4S. The molecule has 2 fully saturated rings. The Morgan fingerprint density at radius 2 is 1.88 bits per heavy atom. The number of carboxylic acid groups (broad SMARTS) is 1. The van der Waals surface area contributed by atoms with Crippen LogP contribution in [0.3, 0.4) is 0 Å². The molecule has 0 unspecified atom stereocenters. The van der Waals surface area contributed by atoms with E-state index in [4.69, 9.17) is 4.74 Å². The monoisotopic (exact) mass is 372 g/mol. The molecule has 4 rings (SSSR count). The van der Waals surface area contributed by atoms with Crippen LogP contribution in [0.5, 0.6) is 5.75 Å². The first kappa shape index (κ1) is 17.0. The second-order valence-electron chi connectivity index (χ2n) is 6.98. The fourth-order valence-electron chi connectivity index (χ4n) is 4.44. The van der Waals surface area contributed by atoms with Gasteiger partial charge in [0.15, 0.2) is 5.13 Å². The molecule has 1 amide bonds. The number of carbonyl (C=O) groups excluding carboxylic acids is 1. The second-order valence-corrected chi connectivity index (χ2v) is 7.84. The van der Waals surface area contributed by atoms with E-state index in [1.807, 2.05) is 29.6 Å². The number of anilines is 1. The second kappa shape index (κ2) is 6.72. The van der Waals surface area contributed by atoms with Crippen molar-refractivity contribution in [1.82, 2.24) is 4.98 Å². The van der Waals surface area contributed by atoms with Crippen molar-refractivity contribution in [2.24, 2.45) is 23.7 Å². The Morgan fingerprint density at radius 3 is 2.54 bits per heavy atom. The van der Waals surface area contributed by atoms with Crippen LogP contribution in [-0.2, 0) is 9.59 Å². The van der Waals surface area contributed by atoms with Crippen molar-refractivity contribution in [3.05, 3.63) is 29.6 Å². The maximum atomic E-state index is 12.7. The van der Waals surface area contributed by atoms with Crippen molar-refractivity contribution in [2.75, 3.05) is 12.4 Å². The molecule has 0 spiro atoms. The molecular weight excluding hydrogens is 352 g/mol. The maximum absolute atomic E-state index is 12.7. The van der Waals surface area contributed by atoms with Gasteiger partial charge in [-0.2, -0.15) is 0 Å². The Labute approximate surface area is 155 Å². The summed E-state index contributed by atoms with van der Waals surface area (Å²) >= 11 is 1.35. The number of ether oxygens (including phenoxy) is 1. The molecule has 2 saturated carbocycles. The topological polar surface area (TPSA) is 88.5 Å². The van der Waals surface area contributed by atoms with Gasteiger partial charge in [-0.3, -0.25) is 9.59 Å². The van der Waals surface area contributed by atoms with Gasteiger partial charge in [0.1, 0.15) is 5.75 Å². The first-order valence-corrected chi connectivity index (χ1v) is 9.58. The van der Waals surface area contributed by atoms with E-state index in [1.165, 1.54) is 11.3 Å². The van der Waals surface area contributed by atoms with Gasteiger partial charge in [0.05, 0.1) is 24.6 Å². The molecule has 0 radical (unpaired) electrons. The van der Waals surface area contributed by atoms with Gasteiger partial charge in [-0.25, -0.2) is 4.98 Å². The number of benzene rings is 1. The molecule has 1 heterocycles. The summed E-state index contributed by atoms with van der Waals surface area (Å²) in [6.07, 6.45) is 2.72. The lowest BCUT2D eigenvalue weighted by atomic mass is 9.79. The predicted molar refractivity (Wildman–Crippen MR) is 98.2 cm³/mol. The molecule has 136 valence electrons. The van der Waals surface area contributed by atoms with E-state index in [0.717, 1.165) is 36.3 Å². The van der Waals surface area contributed by atoms with Crippen LogP contribution in [-0.4, -0.2) is 29.1 Å². The zero-order valence-corrected chi connectivity index (χ0v) is 15.2. The predicted octanol–water partition coefficient (Wildman–Crippen LogP) is 3.50. The summed E-state index contributed by atoms with van der Waals surface area (Å²) in [5.41, 5.74) is 1.71. The number of nitrogens with one attached hydrogen (secondary N) is 1. The normalized spacial score (nSPS) is 26.7. The zero-order valence-electron chi connectivity index (χ0n) is 14.3. The summed E-state index contributed by atoms with van der Waals surface area (Å²) in [6.45, 7) is 0. The van der Waals surface area contributed by atoms with Crippen LogP contribution in [0.15, 0.2) is 29.6 Å². The van der Waals surface area contributed by atoms with Crippen molar-refractivity contribution in [1.29, 1.82) is 0 Å². The average molecular weight is 372 g/mol. The molecule has 2 aromatic rings. The molecule has 2 aliphatic carbocycles. The number of thiazole rings is 1. The molecule has 1 aromatic heterocycles. The minimum Gasteiger partial charge on any atom is -0.497 e. The number of carboxylic acids is 1. The highest BCUT2D eigenvalue weighted by Gasteiger charge is 2.54. The Morgan fingerprint density at radius 1 is 1.19 bits per heavy atom. The highest BCUT2D eigenvalue weighted by atomic mass is 32.1. The van der Waals surface area contributed by atoms with Crippen LogP contribution in [0.25, 0.3) is 11.3 Å². The number of nitrogens with zero attached hydrogens (tertiary/aromatic N) is 1. The highest BCUT2D eigenvalue weighted by Crippen LogP contribution is 2.52. The lowest BCUT2D eigenvalue weighted by Crippen LogP contribution is -2.37. The van der Waals surface area contributed by atoms with Crippen molar-refractivity contribution in [3.63, 3.8) is 0 Å². The zero-order chi connectivity index (χ0) is 18.3. The molecule has 2 aliphatic rings. The summed E-state index contributed by atoms with van der Waals surface area (Å²) in [6, 6.07) is 7.55. The standard InChI is InChI=1S/C19H20N2O4S/c1-25-13-6-4-10(5-7-13)14-9-26-19(20-14)21-17(22)15-11-2-3-12(8-11)16(15)18(23)24/h4-7,9,11-12,15-16H,2-3,8H2,1H3,(H,23,24)(H,20,21,22)/t11-,12+,15+,16+/m1/s1. The van der Waals surface area contributed by atoms with E-state index in [-0.39, 0.29) is 17.7 Å². The van der Waals surface area contributed by atoms with Crippen LogP contribution in [0.4, 0.5) is 5.13 Å². The number of carbonyl (C=O) groups is 2. The minimum absolute atomic E-state index is 0.138. The Kier molecular flexibility index (Phi) is 4.40. The van der Waals surface area contributed by atoms with Crippen LogP contribution in [0.1, 0.15) is 19.3 Å². The first-order valence-electron chi connectivity index (χ1n) is 8.70. The Balaban J connectivity index is 1.48. The summed E-state index contributed by atoms with van der Waals surface area (Å²) in [4.78, 5) is 28.8. The van der Waals surface area contributed by atoms with Crippen LogP contribution in [0.2, 0.25) is 0 Å². The van der Waals surface area contributed by atoms with Crippen LogP contribution in [0, 0.1) is 23.7 Å². The number of aliphatic carboxylic acids is 1. The van der Waals surface area contributed by atoms with Gasteiger partial charge in [0.2, 0.25) is 5.91 Å². The highest BCUT2D eigenvalue weighted by molar-refractivity contribution is 7.14. The fourth-order valence-corrected chi connectivity index (χ4v) is 5.16. The van der Waals surface area contributed by atoms with E-state index in [2.05, 4.69) is 10.3 Å². The number of rotatable bonds is 5. The number of hydrogen-bond donors (Lipinski definition) is 2. The van der Waals surface area contributed by atoms with Gasteiger partial charge >= 0.3 is 5.97 Å². The maximum Gasteiger partial charge on any atom is 0.307 e. The molecule has 2 bridgehead atoms. The average Bonchev–Trinajstić information content (AvgIpc) is 3.37. The van der Waals surface area contributed by atoms with Gasteiger partial charge in [-0.1, -0.05) is 0 Å². The van der Waals surface area contributed by atoms with E-state index in [0.29, 0.717) is 5.13 Å². The molecule has 7 heteroatoms. The lowest BCUT2D eigenvalue weighted by Gasteiger charge is -2.26. The number of hydrogen-bond acceptors (Lipinski definition) is 5. The van der Waals surface area contributed by atoms with Gasteiger partial charge in [-0.15, -0.1) is 11.3 Å². The smallest absolute Gasteiger partial charge is 0.307 e. The SMILES string of the molecule is COc1ccc(-c2csc(NC(=O)[C@H]3[C@@H]4CC[C@@H](C4)[C@@H]3C(=O)O)n2)cc1. The Bertz CT molecular complexity index is 832. The third-order valence-electron chi connectivity index (χ3n) is 5.62. The van der Waals surface area contributed by atoms with Crippen LogP contribution >= 0.6 is 11.3 Å². The molecule has 4 atom stereocenters. The van der Waals surface area contributed by atoms with E-state index >= 15 is 0 Å².